The molecule has 6 nitrogen and oxygen atoms in total. The van der Waals surface area contributed by atoms with Crippen molar-refractivity contribution in [2.75, 3.05) is 0 Å². The minimum absolute atomic E-state index is 0.0863. The molecule has 1 heterocycles. The number of carbonyl (C=O) groups excluding carboxylic acids is 1. The van der Waals surface area contributed by atoms with E-state index in [-0.39, 0.29) is 11.4 Å². The van der Waals surface area contributed by atoms with Crippen molar-refractivity contribution in [3.8, 4) is 11.3 Å². The van der Waals surface area contributed by atoms with Crippen molar-refractivity contribution in [1.29, 1.82) is 0 Å². The van der Waals surface area contributed by atoms with E-state index in [9.17, 15) is 4.79 Å². The Hall–Kier alpha value is -2.39. The molecular formula is C18H13ClIN3O3. The van der Waals surface area contributed by atoms with E-state index in [1.54, 1.807) is 43.3 Å². The normalized spacial score (nSPS) is 11.4. The average Bonchev–Trinajstić information content (AvgIpc) is 3.02. The second kappa shape index (κ2) is 7.88. The first-order valence-electron chi connectivity index (χ1n) is 7.49. The number of amidine groups is 1. The maximum atomic E-state index is 12.5. The monoisotopic (exact) mass is 481 g/mol. The number of aryl methyl sites for hydroxylation is 1. The largest absolute Gasteiger partial charge is 0.380 e. The lowest BCUT2D eigenvalue weighted by molar-refractivity contribution is 0.0515. The van der Waals surface area contributed by atoms with Crippen LogP contribution in [-0.2, 0) is 4.84 Å². The number of oxime groups is 1. The van der Waals surface area contributed by atoms with Crippen molar-refractivity contribution in [3.63, 3.8) is 0 Å². The summed E-state index contributed by atoms with van der Waals surface area (Å²) in [5.74, 6) is -0.344. The molecule has 3 aromatic rings. The van der Waals surface area contributed by atoms with Crippen LogP contribution in [-0.4, -0.2) is 17.0 Å². The van der Waals surface area contributed by atoms with Crippen LogP contribution < -0.4 is 5.73 Å². The Kier molecular flexibility index (Phi) is 5.58. The number of benzene rings is 2. The van der Waals surface area contributed by atoms with Gasteiger partial charge in [0.05, 0.1) is 5.02 Å². The number of hydrogen-bond acceptors (Lipinski definition) is 5. The van der Waals surface area contributed by atoms with Crippen LogP contribution in [0.1, 0.15) is 21.7 Å². The molecule has 0 unspecified atom stereocenters. The molecule has 8 heteroatoms. The summed E-state index contributed by atoms with van der Waals surface area (Å²) in [4.78, 5) is 17.5. The fourth-order valence-corrected chi connectivity index (χ4v) is 2.84. The summed E-state index contributed by atoms with van der Waals surface area (Å²) in [5, 5.41) is 8.08. The predicted molar refractivity (Wildman–Crippen MR) is 107 cm³/mol. The van der Waals surface area contributed by atoms with E-state index in [0.29, 0.717) is 27.6 Å². The zero-order valence-electron chi connectivity index (χ0n) is 13.6. The molecule has 132 valence electrons. The quantitative estimate of drug-likeness (QED) is 0.196. The summed E-state index contributed by atoms with van der Waals surface area (Å²) in [6.07, 6.45) is 0. The van der Waals surface area contributed by atoms with Crippen molar-refractivity contribution >= 4 is 46.0 Å². The molecule has 0 radical (unpaired) electrons. The Morgan fingerprint density at radius 2 is 1.92 bits per heavy atom. The molecule has 0 saturated heterocycles. The van der Waals surface area contributed by atoms with Crippen LogP contribution in [0.3, 0.4) is 0 Å². The second-order valence-electron chi connectivity index (χ2n) is 5.30. The van der Waals surface area contributed by atoms with Crippen LogP contribution >= 0.6 is 34.2 Å². The SMILES string of the molecule is Cc1onc(-c2ccccc2Cl)c1C(=O)O/N=C(/N)c1ccc(I)cc1. The molecule has 0 fully saturated rings. The highest BCUT2D eigenvalue weighted by molar-refractivity contribution is 14.1. The van der Waals surface area contributed by atoms with Crippen molar-refractivity contribution in [1.82, 2.24) is 5.16 Å². The van der Waals surface area contributed by atoms with E-state index in [0.717, 1.165) is 3.57 Å². The summed E-state index contributed by atoms with van der Waals surface area (Å²) in [6.45, 7) is 1.61. The van der Waals surface area contributed by atoms with E-state index >= 15 is 0 Å². The number of hydrogen-bond donors (Lipinski definition) is 1. The van der Waals surface area contributed by atoms with Gasteiger partial charge in [0.2, 0.25) is 0 Å². The van der Waals surface area contributed by atoms with Gasteiger partial charge >= 0.3 is 5.97 Å². The Bertz CT molecular complexity index is 984. The van der Waals surface area contributed by atoms with Gasteiger partial charge in [0.25, 0.3) is 0 Å². The molecule has 0 atom stereocenters. The molecule has 1 aromatic heterocycles. The molecule has 0 aliphatic heterocycles. The molecular weight excluding hydrogens is 469 g/mol. The molecule has 0 bridgehead atoms. The maximum absolute atomic E-state index is 12.5. The highest BCUT2D eigenvalue weighted by Crippen LogP contribution is 2.31. The number of rotatable bonds is 4. The van der Waals surface area contributed by atoms with Crippen LogP contribution in [0.15, 0.2) is 58.2 Å². The average molecular weight is 482 g/mol. The smallest absolute Gasteiger partial charge is 0.371 e. The molecule has 0 amide bonds. The van der Waals surface area contributed by atoms with E-state index in [2.05, 4.69) is 32.9 Å². The van der Waals surface area contributed by atoms with Crippen molar-refractivity contribution < 1.29 is 14.2 Å². The van der Waals surface area contributed by atoms with Gasteiger partial charge in [-0.05, 0) is 47.7 Å². The molecule has 0 aliphatic rings. The third-order valence-electron chi connectivity index (χ3n) is 3.56. The van der Waals surface area contributed by atoms with Gasteiger partial charge in [-0.3, -0.25) is 0 Å². The minimum Gasteiger partial charge on any atom is -0.380 e. The summed E-state index contributed by atoms with van der Waals surface area (Å²) in [6, 6.07) is 14.3. The zero-order chi connectivity index (χ0) is 18.7. The Balaban J connectivity index is 1.87. The number of nitrogens with two attached hydrogens (primary N) is 1. The number of halogens is 2. The number of nitrogens with zero attached hydrogens (tertiary/aromatic N) is 2. The van der Waals surface area contributed by atoms with Crippen LogP contribution in [0.25, 0.3) is 11.3 Å². The molecule has 26 heavy (non-hydrogen) atoms. The highest BCUT2D eigenvalue weighted by atomic mass is 127. The Labute approximate surface area is 168 Å². The first-order valence-corrected chi connectivity index (χ1v) is 8.95. The van der Waals surface area contributed by atoms with Gasteiger partial charge in [-0.2, -0.15) is 0 Å². The Morgan fingerprint density at radius 1 is 1.23 bits per heavy atom. The summed E-state index contributed by atoms with van der Waals surface area (Å²) in [5.41, 5.74) is 7.52. The number of aromatic nitrogens is 1. The lowest BCUT2D eigenvalue weighted by Crippen LogP contribution is -2.15. The molecule has 3 rings (SSSR count). The van der Waals surface area contributed by atoms with Gasteiger partial charge in [0.1, 0.15) is 17.0 Å². The van der Waals surface area contributed by atoms with Gasteiger partial charge in [-0.15, -0.1) is 0 Å². The maximum Gasteiger partial charge on any atom is 0.371 e. The van der Waals surface area contributed by atoms with E-state index in [1.165, 1.54) is 0 Å². The molecule has 0 aliphatic carbocycles. The fourth-order valence-electron chi connectivity index (χ4n) is 2.26. The van der Waals surface area contributed by atoms with Crippen LogP contribution in [0.4, 0.5) is 0 Å². The fraction of sp³-hybridized carbons (Fsp3) is 0.0556. The predicted octanol–water partition coefficient (Wildman–Crippen LogP) is 4.39. The third-order valence-corrected chi connectivity index (χ3v) is 4.61. The van der Waals surface area contributed by atoms with Gasteiger partial charge in [0, 0.05) is 14.7 Å². The first kappa shape index (κ1) is 18.4. The van der Waals surface area contributed by atoms with Gasteiger partial charge in [0.15, 0.2) is 5.84 Å². The lowest BCUT2D eigenvalue weighted by atomic mass is 10.1. The third kappa shape index (κ3) is 3.88. The Morgan fingerprint density at radius 3 is 2.62 bits per heavy atom. The van der Waals surface area contributed by atoms with E-state index in [1.807, 2.05) is 12.1 Å². The standard InChI is InChI=1S/C18H13ClIN3O3/c1-10-15(16(22-25-10)13-4-2-3-5-14(13)19)18(24)26-23-17(21)11-6-8-12(20)9-7-11/h2-9H,1H3,(H2,21,23). The van der Waals surface area contributed by atoms with Crippen molar-refractivity contribution in [2.45, 2.75) is 6.92 Å². The highest BCUT2D eigenvalue weighted by Gasteiger charge is 2.24. The molecule has 2 aromatic carbocycles. The first-order chi connectivity index (χ1) is 12.5. The molecule has 2 N–H and O–H groups in total. The van der Waals surface area contributed by atoms with Crippen molar-refractivity contribution in [3.05, 3.63) is 74.0 Å². The van der Waals surface area contributed by atoms with E-state index < -0.39 is 5.97 Å². The number of carbonyl (C=O) groups is 1. The zero-order valence-corrected chi connectivity index (χ0v) is 16.5. The van der Waals surface area contributed by atoms with Gasteiger partial charge in [-0.25, -0.2) is 4.79 Å². The summed E-state index contributed by atoms with van der Waals surface area (Å²) < 4.78 is 6.20. The summed E-state index contributed by atoms with van der Waals surface area (Å²) >= 11 is 8.36. The molecule has 0 saturated carbocycles. The molecule has 0 spiro atoms. The topological polar surface area (TPSA) is 90.7 Å². The summed E-state index contributed by atoms with van der Waals surface area (Å²) in [7, 11) is 0. The van der Waals surface area contributed by atoms with Crippen LogP contribution in [0.5, 0.6) is 0 Å². The van der Waals surface area contributed by atoms with Crippen molar-refractivity contribution in [2.24, 2.45) is 10.9 Å². The van der Waals surface area contributed by atoms with Gasteiger partial charge < -0.3 is 15.1 Å². The van der Waals surface area contributed by atoms with Gasteiger partial charge in [-0.1, -0.05) is 52.2 Å². The lowest BCUT2D eigenvalue weighted by Gasteiger charge is -2.03. The van der Waals surface area contributed by atoms with Crippen LogP contribution in [0, 0.1) is 10.5 Å². The van der Waals surface area contributed by atoms with E-state index in [4.69, 9.17) is 26.7 Å². The van der Waals surface area contributed by atoms with Crippen LogP contribution in [0.2, 0.25) is 5.02 Å². The second-order valence-corrected chi connectivity index (χ2v) is 6.96. The minimum atomic E-state index is -0.730.